The average Bonchev–Trinajstić information content (AvgIpc) is 2.89. The van der Waals surface area contributed by atoms with Gasteiger partial charge in [0, 0.05) is 5.56 Å². The molecule has 0 aliphatic heterocycles. The molecule has 0 amide bonds. The predicted molar refractivity (Wildman–Crippen MR) is 80.1 cm³/mol. The van der Waals surface area contributed by atoms with Crippen molar-refractivity contribution in [1.29, 1.82) is 0 Å². The van der Waals surface area contributed by atoms with E-state index in [-0.39, 0.29) is 5.69 Å². The monoisotopic (exact) mass is 279 g/mol. The molecule has 2 aromatic carbocycles. The van der Waals surface area contributed by atoms with Crippen LogP contribution >= 0.6 is 0 Å². The molecular formula is C16H13N3O2. The van der Waals surface area contributed by atoms with E-state index in [2.05, 4.69) is 15.4 Å². The number of aromatic amines is 1. The number of H-pyrrole nitrogens is 1. The summed E-state index contributed by atoms with van der Waals surface area (Å²) in [6.07, 6.45) is 0. The molecule has 5 heteroatoms. The van der Waals surface area contributed by atoms with Gasteiger partial charge < -0.3 is 4.52 Å². The van der Waals surface area contributed by atoms with E-state index in [0.717, 1.165) is 11.1 Å². The van der Waals surface area contributed by atoms with Gasteiger partial charge in [0.05, 0.1) is 5.69 Å². The Morgan fingerprint density at radius 1 is 0.952 bits per heavy atom. The quantitative estimate of drug-likeness (QED) is 0.723. The van der Waals surface area contributed by atoms with Gasteiger partial charge in [-0.25, -0.2) is 9.95 Å². The zero-order valence-electron chi connectivity index (χ0n) is 11.4. The largest absolute Gasteiger partial charge is 0.385 e. The van der Waals surface area contributed by atoms with E-state index in [9.17, 15) is 4.79 Å². The van der Waals surface area contributed by atoms with Gasteiger partial charge in [0.25, 0.3) is 0 Å². The Bertz CT molecular complexity index is 815. The molecule has 5 nitrogen and oxygen atoms in total. The molecule has 3 aromatic rings. The molecule has 104 valence electrons. The predicted octanol–water partition coefficient (Wildman–Crippen LogP) is 4.36. The number of aryl methyl sites for hydroxylation is 1. The van der Waals surface area contributed by atoms with Crippen molar-refractivity contribution < 1.29 is 4.52 Å². The number of azo groups is 1. The van der Waals surface area contributed by atoms with E-state index in [1.165, 1.54) is 0 Å². The van der Waals surface area contributed by atoms with Crippen LogP contribution in [0.2, 0.25) is 0 Å². The standard InChI is InChI=1S/C16H13N3O2/c1-11-7-9-13(10-8-11)17-18-15-14(19-21-16(15)20)12-5-3-2-4-6-12/h2-10,19H,1H3. The summed E-state index contributed by atoms with van der Waals surface area (Å²) >= 11 is 0. The van der Waals surface area contributed by atoms with Crippen LogP contribution in [0.25, 0.3) is 11.3 Å². The normalized spacial score (nSPS) is 11.1. The minimum atomic E-state index is -0.537. The van der Waals surface area contributed by atoms with Crippen molar-refractivity contribution in [2.24, 2.45) is 10.2 Å². The lowest BCUT2D eigenvalue weighted by Crippen LogP contribution is -1.90. The second kappa shape index (κ2) is 5.58. The van der Waals surface area contributed by atoms with Crippen LogP contribution in [0, 0.1) is 6.92 Å². The Balaban J connectivity index is 1.98. The van der Waals surface area contributed by atoms with Gasteiger partial charge in [-0.05, 0) is 19.1 Å². The first-order valence-electron chi connectivity index (χ1n) is 6.49. The summed E-state index contributed by atoms with van der Waals surface area (Å²) in [5.74, 6) is 0. The van der Waals surface area contributed by atoms with Crippen molar-refractivity contribution in [2.45, 2.75) is 6.92 Å². The van der Waals surface area contributed by atoms with E-state index in [1.54, 1.807) is 0 Å². The first kappa shape index (κ1) is 13.1. The van der Waals surface area contributed by atoms with Gasteiger partial charge >= 0.3 is 5.63 Å². The first-order valence-corrected chi connectivity index (χ1v) is 6.49. The minimum Gasteiger partial charge on any atom is -0.336 e. The summed E-state index contributed by atoms with van der Waals surface area (Å²) in [5.41, 5.74) is 2.80. The van der Waals surface area contributed by atoms with Crippen molar-refractivity contribution in [1.82, 2.24) is 5.16 Å². The minimum absolute atomic E-state index is 0.168. The maximum Gasteiger partial charge on any atom is 0.385 e. The van der Waals surface area contributed by atoms with Crippen LogP contribution in [0.15, 0.2) is 74.1 Å². The molecule has 1 N–H and O–H groups in total. The number of nitrogens with zero attached hydrogens (tertiary/aromatic N) is 2. The Morgan fingerprint density at radius 3 is 2.38 bits per heavy atom. The SMILES string of the molecule is Cc1ccc(N=Nc2c(-c3ccccc3)[nH]oc2=O)cc1. The molecule has 0 spiro atoms. The van der Waals surface area contributed by atoms with Crippen molar-refractivity contribution in [2.75, 3.05) is 0 Å². The Labute approximate surface area is 120 Å². The molecule has 0 aliphatic carbocycles. The Kier molecular flexibility index (Phi) is 3.47. The van der Waals surface area contributed by atoms with Gasteiger partial charge in [-0.3, -0.25) is 0 Å². The summed E-state index contributed by atoms with van der Waals surface area (Å²) in [5, 5.41) is 10.7. The number of hydrogen-bond acceptors (Lipinski definition) is 4. The molecule has 0 unspecified atom stereocenters. The number of hydrogen-bond donors (Lipinski definition) is 1. The fourth-order valence-corrected chi connectivity index (χ4v) is 1.91. The highest BCUT2D eigenvalue weighted by Crippen LogP contribution is 2.26. The first-order chi connectivity index (χ1) is 10.2. The third-order valence-electron chi connectivity index (χ3n) is 3.04. The fourth-order valence-electron chi connectivity index (χ4n) is 1.91. The smallest absolute Gasteiger partial charge is 0.336 e. The Morgan fingerprint density at radius 2 is 1.67 bits per heavy atom. The van der Waals surface area contributed by atoms with Gasteiger partial charge in [0.1, 0.15) is 5.69 Å². The number of rotatable bonds is 3. The second-order valence-electron chi connectivity index (χ2n) is 4.62. The molecule has 0 bridgehead atoms. The topological polar surface area (TPSA) is 70.7 Å². The molecule has 21 heavy (non-hydrogen) atoms. The average molecular weight is 279 g/mol. The molecule has 0 radical (unpaired) electrons. The summed E-state index contributed by atoms with van der Waals surface area (Å²) in [4.78, 5) is 11.7. The lowest BCUT2D eigenvalue weighted by atomic mass is 10.1. The van der Waals surface area contributed by atoms with E-state index < -0.39 is 5.63 Å². The van der Waals surface area contributed by atoms with Crippen molar-refractivity contribution in [3.8, 4) is 11.3 Å². The molecule has 0 saturated heterocycles. The van der Waals surface area contributed by atoms with Crippen LogP contribution in [-0.2, 0) is 0 Å². The number of nitrogens with one attached hydrogen (secondary N) is 1. The number of aromatic nitrogens is 1. The lowest BCUT2D eigenvalue weighted by molar-refractivity contribution is 0.394. The molecular weight excluding hydrogens is 266 g/mol. The van der Waals surface area contributed by atoms with Crippen molar-refractivity contribution in [3.05, 3.63) is 70.6 Å². The molecule has 1 heterocycles. The highest BCUT2D eigenvalue weighted by Gasteiger charge is 2.13. The van der Waals surface area contributed by atoms with Gasteiger partial charge in [0.2, 0.25) is 0 Å². The maximum absolute atomic E-state index is 11.7. The molecule has 0 saturated carbocycles. The van der Waals surface area contributed by atoms with Crippen LogP contribution in [0.3, 0.4) is 0 Å². The maximum atomic E-state index is 11.7. The van der Waals surface area contributed by atoms with Crippen LogP contribution in [-0.4, -0.2) is 5.16 Å². The third-order valence-corrected chi connectivity index (χ3v) is 3.04. The van der Waals surface area contributed by atoms with Crippen LogP contribution < -0.4 is 5.63 Å². The third kappa shape index (κ3) is 2.81. The molecule has 1 aromatic heterocycles. The number of benzene rings is 2. The zero-order valence-corrected chi connectivity index (χ0v) is 11.4. The molecule has 3 rings (SSSR count). The van der Waals surface area contributed by atoms with E-state index in [4.69, 9.17) is 4.52 Å². The summed E-state index contributed by atoms with van der Waals surface area (Å²) in [6.45, 7) is 2.00. The lowest BCUT2D eigenvalue weighted by Gasteiger charge is -1.96. The van der Waals surface area contributed by atoms with Gasteiger partial charge in [-0.15, -0.1) is 5.11 Å². The van der Waals surface area contributed by atoms with Crippen molar-refractivity contribution >= 4 is 11.4 Å². The van der Waals surface area contributed by atoms with Crippen LogP contribution in [0.4, 0.5) is 11.4 Å². The van der Waals surface area contributed by atoms with Crippen LogP contribution in [0.5, 0.6) is 0 Å². The highest BCUT2D eigenvalue weighted by molar-refractivity contribution is 5.70. The van der Waals surface area contributed by atoms with Gasteiger partial charge in [0.15, 0.2) is 5.69 Å². The van der Waals surface area contributed by atoms with Crippen molar-refractivity contribution in [3.63, 3.8) is 0 Å². The second-order valence-corrected chi connectivity index (χ2v) is 4.62. The van der Waals surface area contributed by atoms with E-state index in [1.807, 2.05) is 61.5 Å². The zero-order chi connectivity index (χ0) is 14.7. The molecule has 0 atom stereocenters. The van der Waals surface area contributed by atoms with Gasteiger partial charge in [-0.2, -0.15) is 5.11 Å². The van der Waals surface area contributed by atoms with E-state index >= 15 is 0 Å². The van der Waals surface area contributed by atoms with Gasteiger partial charge in [-0.1, -0.05) is 48.0 Å². The summed E-state index contributed by atoms with van der Waals surface area (Å²) in [6, 6.07) is 16.9. The molecule has 0 fully saturated rings. The summed E-state index contributed by atoms with van der Waals surface area (Å²) in [7, 11) is 0. The van der Waals surface area contributed by atoms with Crippen LogP contribution in [0.1, 0.15) is 5.56 Å². The molecule has 0 aliphatic rings. The fraction of sp³-hybridized carbons (Fsp3) is 0.0625. The van der Waals surface area contributed by atoms with E-state index in [0.29, 0.717) is 11.4 Å². The summed E-state index contributed by atoms with van der Waals surface area (Å²) < 4.78 is 4.82. The highest BCUT2D eigenvalue weighted by atomic mass is 16.5. The Hall–Kier alpha value is -2.95.